The molecule has 0 unspecified atom stereocenters. The Morgan fingerprint density at radius 2 is 1.93 bits per heavy atom. The van der Waals surface area contributed by atoms with Gasteiger partial charge in [0, 0.05) is 5.57 Å². The summed E-state index contributed by atoms with van der Waals surface area (Å²) in [5, 5.41) is 0. The van der Waals surface area contributed by atoms with Crippen molar-refractivity contribution in [3.05, 3.63) is 53.6 Å². The summed E-state index contributed by atoms with van der Waals surface area (Å²) >= 11 is 0. The highest BCUT2D eigenvalue weighted by Crippen LogP contribution is 2.25. The maximum Gasteiger partial charge on any atom is 0.244 e. The zero-order chi connectivity index (χ0) is 9.97. The van der Waals surface area contributed by atoms with Crippen LogP contribution in [0, 0.1) is 0 Å². The van der Waals surface area contributed by atoms with Crippen molar-refractivity contribution in [1.82, 2.24) is 0 Å². The average molecular weight is 185 g/mol. The molecule has 2 nitrogen and oxygen atoms in total. The lowest BCUT2D eigenvalue weighted by Gasteiger charge is -1.97. The molecule has 2 rings (SSSR count). The van der Waals surface area contributed by atoms with E-state index in [0.717, 1.165) is 11.1 Å². The first kappa shape index (κ1) is 8.75. The number of carbonyl (C=O) groups excluding carboxylic acids is 1. The van der Waals surface area contributed by atoms with Gasteiger partial charge in [0.1, 0.15) is 0 Å². The average Bonchev–Trinajstić information content (AvgIpc) is 2.68. The van der Waals surface area contributed by atoms with Crippen LogP contribution in [0.1, 0.15) is 12.0 Å². The maximum atomic E-state index is 10.9. The fourth-order valence-electron chi connectivity index (χ4n) is 1.53. The normalized spacial score (nSPS) is 14.9. The first-order valence-electron chi connectivity index (χ1n) is 4.53. The fraction of sp³-hybridized carbons (Fsp3) is 0.0833. The molecule has 0 bridgehead atoms. The van der Waals surface area contributed by atoms with Crippen LogP contribution in [-0.4, -0.2) is 5.91 Å². The molecule has 1 aliphatic rings. The minimum atomic E-state index is -0.327. The second-order valence-corrected chi connectivity index (χ2v) is 3.26. The Labute approximate surface area is 82.7 Å². The molecule has 0 saturated heterocycles. The van der Waals surface area contributed by atoms with Gasteiger partial charge in [0.05, 0.1) is 0 Å². The van der Waals surface area contributed by atoms with Crippen molar-refractivity contribution in [1.29, 1.82) is 0 Å². The SMILES string of the molecule is NC(=O)C1=CC(c2ccccc2)=CC1. The van der Waals surface area contributed by atoms with Crippen LogP contribution in [0.3, 0.4) is 0 Å². The Bertz CT molecular complexity index is 415. The maximum absolute atomic E-state index is 10.9. The topological polar surface area (TPSA) is 43.1 Å². The molecule has 0 aliphatic heterocycles. The predicted octanol–water partition coefficient (Wildman–Crippen LogP) is 1.89. The molecular formula is C12H11NO. The van der Waals surface area contributed by atoms with Crippen molar-refractivity contribution in [2.24, 2.45) is 5.73 Å². The van der Waals surface area contributed by atoms with E-state index >= 15 is 0 Å². The highest BCUT2D eigenvalue weighted by Gasteiger charge is 2.11. The summed E-state index contributed by atoms with van der Waals surface area (Å²) in [6.07, 6.45) is 4.53. The molecular weight excluding hydrogens is 174 g/mol. The monoisotopic (exact) mass is 185 g/mol. The Morgan fingerprint density at radius 3 is 2.50 bits per heavy atom. The Morgan fingerprint density at radius 1 is 1.21 bits per heavy atom. The first-order chi connectivity index (χ1) is 6.77. The zero-order valence-electron chi connectivity index (χ0n) is 7.73. The minimum Gasteiger partial charge on any atom is -0.366 e. The van der Waals surface area contributed by atoms with E-state index in [1.807, 2.05) is 42.5 Å². The first-order valence-corrected chi connectivity index (χ1v) is 4.53. The van der Waals surface area contributed by atoms with E-state index in [1.165, 1.54) is 0 Å². The highest BCUT2D eigenvalue weighted by molar-refractivity contribution is 5.98. The van der Waals surface area contributed by atoms with Crippen molar-refractivity contribution in [3.8, 4) is 0 Å². The van der Waals surface area contributed by atoms with Gasteiger partial charge in [0.2, 0.25) is 5.91 Å². The largest absolute Gasteiger partial charge is 0.366 e. The second-order valence-electron chi connectivity index (χ2n) is 3.26. The Kier molecular flexibility index (Phi) is 2.19. The molecule has 70 valence electrons. The van der Waals surface area contributed by atoms with Crippen molar-refractivity contribution in [2.45, 2.75) is 6.42 Å². The number of benzene rings is 1. The van der Waals surface area contributed by atoms with Crippen LogP contribution in [0.5, 0.6) is 0 Å². The summed E-state index contributed by atoms with van der Waals surface area (Å²) in [5.41, 5.74) is 8.09. The molecule has 2 heteroatoms. The standard InChI is InChI=1S/C12H11NO/c13-12(14)11-7-6-10(8-11)9-4-2-1-3-5-9/h1-6,8H,7H2,(H2,13,14). The lowest BCUT2D eigenvalue weighted by molar-refractivity contribution is -0.114. The number of amides is 1. The molecule has 2 N–H and O–H groups in total. The van der Waals surface area contributed by atoms with E-state index in [-0.39, 0.29) is 5.91 Å². The molecule has 0 heterocycles. The molecule has 0 aromatic heterocycles. The highest BCUT2D eigenvalue weighted by atomic mass is 16.1. The van der Waals surface area contributed by atoms with Crippen LogP contribution in [0.25, 0.3) is 5.57 Å². The van der Waals surface area contributed by atoms with Crippen LogP contribution in [0.4, 0.5) is 0 Å². The van der Waals surface area contributed by atoms with E-state index in [4.69, 9.17) is 5.73 Å². The summed E-state index contributed by atoms with van der Waals surface area (Å²) in [6.45, 7) is 0. The summed E-state index contributed by atoms with van der Waals surface area (Å²) in [6, 6.07) is 9.97. The van der Waals surface area contributed by atoms with E-state index < -0.39 is 0 Å². The van der Waals surface area contributed by atoms with E-state index in [2.05, 4.69) is 0 Å². The van der Waals surface area contributed by atoms with Crippen LogP contribution in [0.2, 0.25) is 0 Å². The van der Waals surface area contributed by atoms with Gasteiger partial charge < -0.3 is 5.73 Å². The van der Waals surface area contributed by atoms with Crippen LogP contribution in [0.15, 0.2) is 48.1 Å². The van der Waals surface area contributed by atoms with E-state index in [1.54, 1.807) is 0 Å². The van der Waals surface area contributed by atoms with E-state index in [0.29, 0.717) is 12.0 Å². The minimum absolute atomic E-state index is 0.327. The van der Waals surface area contributed by atoms with Crippen molar-refractivity contribution in [3.63, 3.8) is 0 Å². The van der Waals surface area contributed by atoms with Crippen LogP contribution < -0.4 is 5.73 Å². The molecule has 0 fully saturated rings. The number of rotatable bonds is 2. The Hall–Kier alpha value is -1.83. The van der Waals surface area contributed by atoms with Crippen LogP contribution in [-0.2, 0) is 4.79 Å². The number of primary amides is 1. The summed E-state index contributed by atoms with van der Waals surface area (Å²) < 4.78 is 0. The third-order valence-corrected chi connectivity index (χ3v) is 2.30. The summed E-state index contributed by atoms with van der Waals surface area (Å²) in [7, 11) is 0. The van der Waals surface area contributed by atoms with Crippen molar-refractivity contribution in [2.75, 3.05) is 0 Å². The van der Waals surface area contributed by atoms with Crippen molar-refractivity contribution < 1.29 is 4.79 Å². The lowest BCUT2D eigenvalue weighted by Crippen LogP contribution is -2.12. The molecule has 1 aromatic rings. The quantitative estimate of drug-likeness (QED) is 0.751. The molecule has 1 aliphatic carbocycles. The van der Waals surface area contributed by atoms with Gasteiger partial charge >= 0.3 is 0 Å². The number of hydrogen-bond donors (Lipinski definition) is 1. The fourth-order valence-corrected chi connectivity index (χ4v) is 1.53. The van der Waals surface area contributed by atoms with Gasteiger partial charge in [-0.05, 0) is 23.6 Å². The van der Waals surface area contributed by atoms with Crippen LogP contribution >= 0.6 is 0 Å². The summed E-state index contributed by atoms with van der Waals surface area (Å²) in [4.78, 5) is 10.9. The number of carbonyl (C=O) groups is 1. The van der Waals surface area contributed by atoms with E-state index in [9.17, 15) is 4.79 Å². The third-order valence-electron chi connectivity index (χ3n) is 2.30. The molecule has 0 spiro atoms. The molecule has 0 saturated carbocycles. The van der Waals surface area contributed by atoms with Gasteiger partial charge in [-0.2, -0.15) is 0 Å². The van der Waals surface area contributed by atoms with Gasteiger partial charge in [0.25, 0.3) is 0 Å². The number of nitrogens with two attached hydrogens (primary N) is 1. The predicted molar refractivity (Wildman–Crippen MR) is 56.3 cm³/mol. The second kappa shape index (κ2) is 3.50. The third kappa shape index (κ3) is 1.59. The molecule has 1 amide bonds. The molecule has 14 heavy (non-hydrogen) atoms. The van der Waals surface area contributed by atoms with Gasteiger partial charge in [0.15, 0.2) is 0 Å². The molecule has 1 aromatic carbocycles. The van der Waals surface area contributed by atoms with Gasteiger partial charge in [-0.15, -0.1) is 0 Å². The van der Waals surface area contributed by atoms with Gasteiger partial charge in [-0.3, -0.25) is 4.79 Å². The number of hydrogen-bond acceptors (Lipinski definition) is 1. The smallest absolute Gasteiger partial charge is 0.244 e. The Balaban J connectivity index is 2.28. The number of allylic oxidation sites excluding steroid dienone is 3. The molecule has 0 radical (unpaired) electrons. The van der Waals surface area contributed by atoms with Gasteiger partial charge in [-0.25, -0.2) is 0 Å². The van der Waals surface area contributed by atoms with Crippen molar-refractivity contribution >= 4 is 11.5 Å². The summed E-state index contributed by atoms with van der Waals surface area (Å²) in [5.74, 6) is -0.327. The van der Waals surface area contributed by atoms with Gasteiger partial charge in [-0.1, -0.05) is 36.4 Å². The molecule has 0 atom stereocenters. The zero-order valence-corrected chi connectivity index (χ0v) is 7.73. The lowest BCUT2D eigenvalue weighted by atomic mass is 10.1.